The van der Waals surface area contributed by atoms with Gasteiger partial charge in [-0.15, -0.1) is 0 Å². The summed E-state index contributed by atoms with van der Waals surface area (Å²) in [6.45, 7) is 4.46. The zero-order valence-corrected chi connectivity index (χ0v) is 18.9. The Kier molecular flexibility index (Phi) is 34.9. The third kappa shape index (κ3) is 39.1. The second-order valence-electron chi connectivity index (χ2n) is 7.94. The second kappa shape index (κ2) is 30.1. The van der Waals surface area contributed by atoms with Crippen LogP contribution in [-0.4, -0.2) is 51.7 Å². The summed E-state index contributed by atoms with van der Waals surface area (Å²) in [6.07, 6.45) is 23.0. The molecule has 29 heavy (non-hydrogen) atoms. The number of hydrogen-bond donors (Lipinski definition) is 2. The van der Waals surface area contributed by atoms with Crippen LogP contribution < -0.4 is 0 Å². The Bertz CT molecular complexity index is 303. The molecule has 0 aliphatic rings. The fourth-order valence-electron chi connectivity index (χ4n) is 3.17. The first-order valence-electron chi connectivity index (χ1n) is 12.0. The SMILES string of the molecule is CCCCCCCCCCCC(=O)O.CCCCCCCCCCCC(=O)O.[NaH]. The summed E-state index contributed by atoms with van der Waals surface area (Å²) in [5, 5.41) is 16.8. The van der Waals surface area contributed by atoms with E-state index >= 15 is 0 Å². The number of carbonyl (C=O) groups is 2. The zero-order valence-electron chi connectivity index (χ0n) is 18.9. The van der Waals surface area contributed by atoms with Gasteiger partial charge in [0.2, 0.25) is 0 Å². The van der Waals surface area contributed by atoms with Crippen LogP contribution in [0.4, 0.5) is 0 Å². The van der Waals surface area contributed by atoms with E-state index < -0.39 is 11.9 Å². The van der Waals surface area contributed by atoms with Gasteiger partial charge in [0.25, 0.3) is 0 Å². The van der Waals surface area contributed by atoms with Crippen LogP contribution in [0.5, 0.6) is 0 Å². The number of carboxylic acids is 2. The molecule has 0 saturated heterocycles. The van der Waals surface area contributed by atoms with Crippen molar-refractivity contribution in [1.82, 2.24) is 0 Å². The molecule has 0 fully saturated rings. The van der Waals surface area contributed by atoms with E-state index in [1.165, 1.54) is 89.9 Å². The summed E-state index contributed by atoms with van der Waals surface area (Å²) in [5.74, 6) is -1.32. The predicted octanol–water partition coefficient (Wildman–Crippen LogP) is 7.34. The molecule has 0 bridgehead atoms. The summed E-state index contributed by atoms with van der Waals surface area (Å²) in [6, 6.07) is 0. The Morgan fingerprint density at radius 2 is 0.655 bits per heavy atom. The fourth-order valence-corrected chi connectivity index (χ4v) is 3.17. The van der Waals surface area contributed by atoms with Gasteiger partial charge in [0, 0.05) is 12.8 Å². The minimum absolute atomic E-state index is 0. The van der Waals surface area contributed by atoms with Crippen molar-refractivity contribution in [3.05, 3.63) is 0 Å². The van der Waals surface area contributed by atoms with Crippen molar-refractivity contribution in [1.29, 1.82) is 0 Å². The molecule has 5 heteroatoms. The maximum atomic E-state index is 10.2. The predicted molar refractivity (Wildman–Crippen MR) is 126 cm³/mol. The normalized spacial score (nSPS) is 10.0. The van der Waals surface area contributed by atoms with Crippen molar-refractivity contribution in [2.45, 2.75) is 142 Å². The van der Waals surface area contributed by atoms with Gasteiger partial charge in [0.05, 0.1) is 0 Å². The molecule has 0 aromatic carbocycles. The number of carboxylic acid groups (broad SMARTS) is 2. The van der Waals surface area contributed by atoms with Crippen LogP contribution in [0.15, 0.2) is 0 Å². The van der Waals surface area contributed by atoms with Gasteiger partial charge in [-0.1, -0.05) is 117 Å². The van der Waals surface area contributed by atoms with Gasteiger partial charge >= 0.3 is 41.5 Å². The average molecular weight is 425 g/mol. The van der Waals surface area contributed by atoms with Crippen molar-refractivity contribution in [2.75, 3.05) is 0 Å². The van der Waals surface area contributed by atoms with Gasteiger partial charge in [-0.25, -0.2) is 0 Å². The van der Waals surface area contributed by atoms with Crippen LogP contribution in [0.2, 0.25) is 0 Å². The van der Waals surface area contributed by atoms with Gasteiger partial charge in [0.15, 0.2) is 0 Å². The van der Waals surface area contributed by atoms with Crippen LogP contribution in [0.3, 0.4) is 0 Å². The van der Waals surface area contributed by atoms with E-state index in [2.05, 4.69) is 13.8 Å². The molecular weight excluding hydrogens is 375 g/mol. The van der Waals surface area contributed by atoms with Crippen LogP contribution >= 0.6 is 0 Å². The monoisotopic (exact) mass is 424 g/mol. The Morgan fingerprint density at radius 3 is 0.862 bits per heavy atom. The Labute approximate surface area is 202 Å². The van der Waals surface area contributed by atoms with E-state index in [1.807, 2.05) is 0 Å². The van der Waals surface area contributed by atoms with Gasteiger partial charge in [-0.05, 0) is 12.8 Å². The van der Waals surface area contributed by atoms with Crippen LogP contribution in [0.1, 0.15) is 142 Å². The summed E-state index contributed by atoms with van der Waals surface area (Å²) in [7, 11) is 0. The van der Waals surface area contributed by atoms with Crippen LogP contribution in [0.25, 0.3) is 0 Å². The standard InChI is InChI=1S/2C12H24O2.Na.H/c2*1-2-3-4-5-6-7-8-9-10-11-12(13)14;;/h2*2-11H2,1H3,(H,13,14);;. The molecule has 0 spiro atoms. The van der Waals surface area contributed by atoms with Crippen molar-refractivity contribution in [3.8, 4) is 0 Å². The van der Waals surface area contributed by atoms with Gasteiger partial charge in [-0.3, -0.25) is 9.59 Å². The molecular formula is C24H49NaO4. The first-order chi connectivity index (χ1) is 13.5. The molecule has 4 nitrogen and oxygen atoms in total. The fraction of sp³-hybridized carbons (Fsp3) is 0.917. The molecule has 0 unspecified atom stereocenters. The van der Waals surface area contributed by atoms with Gasteiger partial charge < -0.3 is 10.2 Å². The topological polar surface area (TPSA) is 74.6 Å². The molecule has 0 rings (SSSR count). The van der Waals surface area contributed by atoms with Gasteiger partial charge in [-0.2, -0.15) is 0 Å². The van der Waals surface area contributed by atoms with E-state index in [0.717, 1.165) is 25.7 Å². The zero-order chi connectivity index (χ0) is 21.3. The van der Waals surface area contributed by atoms with Crippen molar-refractivity contribution in [2.24, 2.45) is 0 Å². The quantitative estimate of drug-likeness (QED) is 0.158. The molecule has 0 heterocycles. The molecule has 0 saturated carbocycles. The van der Waals surface area contributed by atoms with Crippen molar-refractivity contribution >= 4 is 41.5 Å². The molecule has 0 aromatic heterocycles. The summed E-state index contributed by atoms with van der Waals surface area (Å²) < 4.78 is 0. The van der Waals surface area contributed by atoms with E-state index in [4.69, 9.17) is 10.2 Å². The number of rotatable bonds is 20. The third-order valence-electron chi connectivity index (χ3n) is 4.99. The number of unbranched alkanes of at least 4 members (excludes halogenated alkanes) is 16. The average Bonchev–Trinajstić information content (AvgIpc) is 2.65. The summed E-state index contributed by atoms with van der Waals surface area (Å²) in [4.78, 5) is 20.4. The molecule has 0 aromatic rings. The van der Waals surface area contributed by atoms with Crippen molar-refractivity contribution in [3.63, 3.8) is 0 Å². The first kappa shape index (κ1) is 33.6. The summed E-state index contributed by atoms with van der Waals surface area (Å²) >= 11 is 0. The Morgan fingerprint density at radius 1 is 0.448 bits per heavy atom. The van der Waals surface area contributed by atoms with E-state index in [1.54, 1.807) is 0 Å². The number of hydrogen-bond acceptors (Lipinski definition) is 2. The van der Waals surface area contributed by atoms with Crippen molar-refractivity contribution < 1.29 is 19.8 Å². The molecule has 0 radical (unpaired) electrons. The molecule has 0 atom stereocenters. The molecule has 0 aliphatic carbocycles. The van der Waals surface area contributed by atoms with Gasteiger partial charge in [0.1, 0.15) is 0 Å². The van der Waals surface area contributed by atoms with E-state index in [0.29, 0.717) is 12.8 Å². The minimum atomic E-state index is -0.659. The second-order valence-corrected chi connectivity index (χ2v) is 7.94. The Hall–Kier alpha value is -0.0600. The van der Waals surface area contributed by atoms with E-state index in [-0.39, 0.29) is 29.6 Å². The van der Waals surface area contributed by atoms with Crippen LogP contribution in [0, 0.1) is 0 Å². The molecule has 0 amide bonds. The first-order valence-corrected chi connectivity index (χ1v) is 12.0. The number of aliphatic carboxylic acids is 2. The van der Waals surface area contributed by atoms with E-state index in [9.17, 15) is 9.59 Å². The molecule has 170 valence electrons. The molecule has 2 N–H and O–H groups in total. The Balaban J connectivity index is -0.000000451. The third-order valence-corrected chi connectivity index (χ3v) is 4.99. The molecule has 0 aliphatic heterocycles. The maximum absolute atomic E-state index is 10.2. The summed E-state index contributed by atoms with van der Waals surface area (Å²) in [5.41, 5.74) is 0. The van der Waals surface area contributed by atoms with Crippen LogP contribution in [-0.2, 0) is 9.59 Å².